The highest BCUT2D eigenvalue weighted by Crippen LogP contribution is 2.45. The summed E-state index contributed by atoms with van der Waals surface area (Å²) >= 11 is 0. The molecule has 0 bridgehead atoms. The molecule has 65 heavy (non-hydrogen) atoms. The zero-order valence-electron chi connectivity index (χ0n) is 38.9. The molecule has 0 aliphatic rings. The molecule has 9 aromatic carbocycles. The average molecular weight is 820 g/mol. The van der Waals surface area contributed by atoms with Gasteiger partial charge in [0.1, 0.15) is 101 Å². The molecular formula is C52H41B10NO2. The largest absolute Gasteiger partial charge is 0.456 e. The molecule has 12 aromatic rings. The molecule has 296 valence electrons. The molecule has 0 saturated heterocycles. The van der Waals surface area contributed by atoms with Crippen LogP contribution in [0.4, 0.5) is 0 Å². The lowest BCUT2D eigenvalue weighted by Gasteiger charge is -2.21. The van der Waals surface area contributed by atoms with Gasteiger partial charge in [-0.25, -0.2) is 0 Å². The second kappa shape index (κ2) is 14.4. The van der Waals surface area contributed by atoms with Crippen LogP contribution in [0.25, 0.3) is 116 Å². The highest BCUT2D eigenvalue weighted by Gasteiger charge is 2.27. The van der Waals surface area contributed by atoms with E-state index in [-0.39, 0.29) is 0 Å². The molecule has 0 saturated carbocycles. The van der Waals surface area contributed by atoms with E-state index in [0.29, 0.717) is 0 Å². The van der Waals surface area contributed by atoms with Crippen molar-refractivity contribution in [2.24, 2.45) is 0 Å². The quantitative estimate of drug-likeness (QED) is 0.182. The molecule has 13 heteroatoms. The topological polar surface area (TPSA) is 31.2 Å². The number of hydrogen-bond donors (Lipinski definition) is 0. The fourth-order valence-corrected chi connectivity index (χ4v) is 11.4. The maximum Gasteiger partial charge on any atom is 0.143 e. The molecule has 3 nitrogen and oxygen atoms in total. The zero-order chi connectivity index (χ0) is 44.7. The highest BCUT2D eigenvalue weighted by atomic mass is 16.3. The third-order valence-corrected chi connectivity index (χ3v) is 15.6. The van der Waals surface area contributed by atoms with Gasteiger partial charge in [0, 0.05) is 55.0 Å². The Morgan fingerprint density at radius 2 is 0.831 bits per heavy atom. The van der Waals surface area contributed by atoms with E-state index in [0.717, 1.165) is 71.8 Å². The predicted octanol–water partition coefficient (Wildman–Crippen LogP) is -2.68. The van der Waals surface area contributed by atoms with Crippen LogP contribution in [-0.4, -0.2) is 83.0 Å². The minimum Gasteiger partial charge on any atom is -0.456 e. The van der Waals surface area contributed by atoms with Crippen molar-refractivity contribution in [2.75, 3.05) is 0 Å². The van der Waals surface area contributed by atoms with Gasteiger partial charge in [-0.15, -0.1) is 16.4 Å². The Labute approximate surface area is 387 Å². The van der Waals surface area contributed by atoms with Crippen LogP contribution in [0, 0.1) is 0 Å². The normalized spacial score (nSPS) is 12.0. The van der Waals surface area contributed by atoms with Crippen molar-refractivity contribution in [3.05, 3.63) is 127 Å². The summed E-state index contributed by atoms with van der Waals surface area (Å²) in [5, 5.41) is 9.87. The second-order valence-corrected chi connectivity index (χ2v) is 18.7. The van der Waals surface area contributed by atoms with Crippen molar-refractivity contribution in [2.45, 2.75) is 0 Å². The van der Waals surface area contributed by atoms with Gasteiger partial charge in [0.15, 0.2) is 0 Å². The number of fused-ring (bicyclic) bond motifs is 11. The van der Waals surface area contributed by atoms with E-state index in [1.165, 1.54) is 98.3 Å². The van der Waals surface area contributed by atoms with Crippen LogP contribution < -0.4 is 54.6 Å². The van der Waals surface area contributed by atoms with Gasteiger partial charge in [0.2, 0.25) is 0 Å². The number of benzene rings is 9. The van der Waals surface area contributed by atoms with Crippen molar-refractivity contribution < 1.29 is 8.83 Å². The Bertz CT molecular complexity index is 4060. The molecule has 0 amide bonds. The summed E-state index contributed by atoms with van der Waals surface area (Å²) in [6, 6.07) is 45.9. The average Bonchev–Trinajstić information content (AvgIpc) is 4.02. The first-order valence-corrected chi connectivity index (χ1v) is 22.9. The van der Waals surface area contributed by atoms with E-state index in [9.17, 15) is 0 Å². The molecule has 3 heterocycles. The summed E-state index contributed by atoms with van der Waals surface area (Å²) in [5.41, 5.74) is 27.4. The van der Waals surface area contributed by atoms with Crippen molar-refractivity contribution in [1.29, 1.82) is 0 Å². The lowest BCUT2D eigenvalue weighted by molar-refractivity contribution is 0.668. The van der Waals surface area contributed by atoms with Crippen LogP contribution in [0.2, 0.25) is 0 Å². The molecule has 0 radical (unpaired) electrons. The summed E-state index contributed by atoms with van der Waals surface area (Å²) < 4.78 is 16.3. The second-order valence-electron chi connectivity index (χ2n) is 18.7. The van der Waals surface area contributed by atoms with E-state index in [2.05, 4.69) is 210 Å². The summed E-state index contributed by atoms with van der Waals surface area (Å²) in [7, 11) is 23.2. The third kappa shape index (κ3) is 5.57. The van der Waals surface area contributed by atoms with Gasteiger partial charge in [-0.05, 0) is 68.9 Å². The lowest BCUT2D eigenvalue weighted by Crippen LogP contribution is -2.50. The van der Waals surface area contributed by atoms with Gasteiger partial charge in [-0.3, -0.25) is 0 Å². The predicted molar refractivity (Wildman–Crippen MR) is 311 cm³/mol. The summed E-state index contributed by atoms with van der Waals surface area (Å²) in [5.74, 6) is 0. The van der Waals surface area contributed by atoms with Gasteiger partial charge in [-0.2, -0.15) is 0 Å². The van der Waals surface area contributed by atoms with Crippen LogP contribution in [0.15, 0.2) is 136 Å². The fourth-order valence-electron chi connectivity index (χ4n) is 11.4. The molecule has 0 N–H and O–H groups in total. The van der Waals surface area contributed by atoms with Gasteiger partial charge in [0.05, 0.1) is 5.69 Å². The van der Waals surface area contributed by atoms with Gasteiger partial charge in [0.25, 0.3) is 0 Å². The Morgan fingerprint density at radius 1 is 0.308 bits per heavy atom. The van der Waals surface area contributed by atoms with Crippen LogP contribution in [0.3, 0.4) is 0 Å². The molecule has 0 spiro atoms. The standard InChI is InChI=1S/C52H41B10NO2/c53-40-36-37-39-43(56)46(59)47(60)49(62)51(39)63(50(37)48(61)42(55)38(36)41(54)45(58)44(40)57)26-20-29(35-28-11-5-7-13-33(28)64-34(35)21-26)25-18-30(52-31(19-25)27-10-4-6-12-32(27)65-52)24-16-14-23(15-17-24)22-8-2-1-3-9-22/h1-21H,53-62H2. The van der Waals surface area contributed by atoms with Gasteiger partial charge >= 0.3 is 0 Å². The van der Waals surface area contributed by atoms with Crippen molar-refractivity contribution in [3.8, 4) is 39.1 Å². The molecule has 0 atom stereocenters. The molecule has 0 fully saturated rings. The Morgan fingerprint density at radius 3 is 1.54 bits per heavy atom. The monoisotopic (exact) mass is 821 g/mol. The number of furan rings is 2. The molecule has 0 unspecified atom stereocenters. The minimum atomic E-state index is 0.867. The first-order valence-electron chi connectivity index (χ1n) is 22.9. The van der Waals surface area contributed by atoms with E-state index in [1.54, 1.807) is 0 Å². The number of nitrogens with zero attached hydrogens (tertiary/aromatic N) is 1. The number of rotatable bonds is 4. The SMILES string of the molecule is Bc1c(B)c(B)c2c(c1B)c(B)c(B)c1c2c2c(B)c(B)c(B)c(B)c2n1-c1cc(-c2cc(-c3ccc(-c4ccccc4)cc3)c3oc4ccccc4c3c2)c2c(c1)oc1ccccc12. The van der Waals surface area contributed by atoms with Gasteiger partial charge in [-0.1, -0.05) is 129 Å². The molecule has 12 rings (SSSR count). The summed E-state index contributed by atoms with van der Waals surface area (Å²) in [6.45, 7) is 0. The highest BCUT2D eigenvalue weighted by molar-refractivity contribution is 6.73. The van der Waals surface area contributed by atoms with Crippen LogP contribution in [0.5, 0.6) is 0 Å². The molecule has 0 aliphatic carbocycles. The van der Waals surface area contributed by atoms with Crippen LogP contribution in [-0.2, 0) is 0 Å². The van der Waals surface area contributed by atoms with E-state index in [4.69, 9.17) is 8.83 Å². The number of aromatic nitrogens is 1. The van der Waals surface area contributed by atoms with Gasteiger partial charge < -0.3 is 13.4 Å². The van der Waals surface area contributed by atoms with Crippen molar-refractivity contribution in [3.63, 3.8) is 0 Å². The fraction of sp³-hybridized carbons (Fsp3) is 0. The van der Waals surface area contributed by atoms with E-state index in [1.807, 2.05) is 0 Å². The Hall–Kier alpha value is -6.71. The van der Waals surface area contributed by atoms with E-state index >= 15 is 0 Å². The maximum atomic E-state index is 6.94. The zero-order valence-corrected chi connectivity index (χ0v) is 38.9. The van der Waals surface area contributed by atoms with Crippen molar-refractivity contribution in [1.82, 2.24) is 4.57 Å². The number of hydrogen-bond acceptors (Lipinski definition) is 2. The third-order valence-electron chi connectivity index (χ3n) is 15.6. The summed E-state index contributed by atoms with van der Waals surface area (Å²) in [6.07, 6.45) is 0. The van der Waals surface area contributed by atoms with Crippen molar-refractivity contribution >= 4 is 210 Å². The van der Waals surface area contributed by atoms with Crippen LogP contribution in [0.1, 0.15) is 0 Å². The molecular weight excluding hydrogens is 779 g/mol. The minimum absolute atomic E-state index is 0.867. The number of para-hydroxylation sites is 2. The first-order chi connectivity index (χ1) is 31.4. The van der Waals surface area contributed by atoms with E-state index < -0.39 is 0 Å². The maximum absolute atomic E-state index is 6.94. The van der Waals surface area contributed by atoms with Crippen LogP contribution >= 0.6 is 0 Å². The Balaban J connectivity index is 1.23. The Kier molecular flexibility index (Phi) is 8.83. The molecule has 3 aromatic heterocycles. The first kappa shape index (κ1) is 39.8. The summed E-state index contributed by atoms with van der Waals surface area (Å²) in [4.78, 5) is 0. The smallest absolute Gasteiger partial charge is 0.143 e. The molecule has 0 aliphatic heterocycles. The lowest BCUT2D eigenvalue weighted by atomic mass is 9.61.